The average molecular weight is 601 g/mol. The molecule has 44 heavy (non-hydrogen) atoms. The third kappa shape index (κ3) is 8.69. The first kappa shape index (κ1) is 32.3. The molecule has 1 aromatic heterocycles. The van der Waals surface area contributed by atoms with Crippen molar-refractivity contribution >= 4 is 23.7 Å². The van der Waals surface area contributed by atoms with Crippen LogP contribution in [0, 0.1) is 0 Å². The molecule has 3 aromatic rings. The molecule has 0 aliphatic carbocycles. The summed E-state index contributed by atoms with van der Waals surface area (Å²) in [6, 6.07) is 12.2. The summed E-state index contributed by atoms with van der Waals surface area (Å²) in [4.78, 5) is 42.9. The Morgan fingerprint density at radius 2 is 1.82 bits per heavy atom. The van der Waals surface area contributed by atoms with Crippen molar-refractivity contribution in [3.8, 4) is 17.2 Å². The molecular weight excluding hydrogens is 560 g/mol. The van der Waals surface area contributed by atoms with Crippen LogP contribution in [0.5, 0.6) is 17.2 Å². The van der Waals surface area contributed by atoms with Gasteiger partial charge in [-0.25, -0.2) is 4.79 Å². The number of ether oxygens (including phenoxy) is 2. The van der Waals surface area contributed by atoms with Gasteiger partial charge in [0.2, 0.25) is 5.91 Å². The molecule has 1 aliphatic heterocycles. The number of rotatable bonds is 8. The van der Waals surface area contributed by atoms with Gasteiger partial charge in [-0.2, -0.15) is 0 Å². The third-order valence-corrected chi connectivity index (χ3v) is 7.79. The van der Waals surface area contributed by atoms with Crippen LogP contribution in [0.4, 0.5) is 0 Å². The number of carbonyl (C=O) groups is 3. The number of Topliss-reactive ketones (excluding diaryl/α,β-unsaturated/α-hetero) is 1. The first-order valence-corrected chi connectivity index (χ1v) is 15.0. The van der Waals surface area contributed by atoms with Crippen LogP contribution in [-0.4, -0.2) is 52.6 Å². The van der Waals surface area contributed by atoms with E-state index in [2.05, 4.69) is 10.3 Å². The summed E-state index contributed by atoms with van der Waals surface area (Å²) >= 11 is 0. The Morgan fingerprint density at radius 3 is 2.55 bits per heavy atom. The van der Waals surface area contributed by atoms with Gasteiger partial charge >= 0.3 is 5.97 Å². The van der Waals surface area contributed by atoms with Gasteiger partial charge in [0.25, 0.3) is 0 Å². The fourth-order valence-electron chi connectivity index (χ4n) is 5.40. The van der Waals surface area contributed by atoms with Crippen LogP contribution in [0.3, 0.4) is 0 Å². The molecule has 0 bridgehead atoms. The van der Waals surface area contributed by atoms with Crippen LogP contribution in [0.25, 0.3) is 6.08 Å². The van der Waals surface area contributed by atoms with Crippen molar-refractivity contribution < 1.29 is 34.1 Å². The zero-order valence-electron chi connectivity index (χ0n) is 25.3. The number of fused-ring (bicyclic) bond motifs is 1. The summed E-state index contributed by atoms with van der Waals surface area (Å²) in [5.41, 5.74) is 1.94. The third-order valence-electron chi connectivity index (χ3n) is 7.79. The number of carbonyl (C=O) groups excluding carboxylic acids is 3. The predicted octanol–water partition coefficient (Wildman–Crippen LogP) is 5.86. The van der Waals surface area contributed by atoms with Crippen LogP contribution in [0.1, 0.15) is 90.4 Å². The highest BCUT2D eigenvalue weighted by Gasteiger charge is 2.31. The molecule has 0 saturated heterocycles. The normalized spacial score (nSPS) is 17.5. The number of nitrogens with zero attached hydrogens (tertiary/aromatic N) is 1. The molecule has 0 fully saturated rings. The second-order valence-corrected chi connectivity index (χ2v) is 11.0. The van der Waals surface area contributed by atoms with Gasteiger partial charge in [-0.3, -0.25) is 14.6 Å². The van der Waals surface area contributed by atoms with E-state index in [4.69, 9.17) is 9.47 Å². The SMILES string of the molecule is COc1ccc(C(CC(=O)NCCc2ccncc2)c2c(O)cc3c(c2O)C(=O)O[C@@H](C)CCCC(=O)CCC/C=C/3)cc1. The van der Waals surface area contributed by atoms with Crippen LogP contribution < -0.4 is 10.1 Å². The van der Waals surface area contributed by atoms with E-state index in [-0.39, 0.29) is 35.0 Å². The lowest BCUT2D eigenvalue weighted by Gasteiger charge is -2.23. The molecule has 3 N–H and O–H groups in total. The fraction of sp³-hybridized carbons (Fsp3) is 0.371. The summed E-state index contributed by atoms with van der Waals surface area (Å²) in [5.74, 6) is -1.72. The Hall–Kier alpha value is -4.66. The zero-order chi connectivity index (χ0) is 31.5. The maximum absolute atomic E-state index is 13.5. The number of aromatic hydroxyl groups is 2. The molecule has 2 heterocycles. The van der Waals surface area contributed by atoms with Crippen molar-refractivity contribution in [2.75, 3.05) is 13.7 Å². The number of ketones is 1. The van der Waals surface area contributed by atoms with Gasteiger partial charge in [-0.15, -0.1) is 0 Å². The molecule has 4 rings (SSSR count). The topological polar surface area (TPSA) is 135 Å². The Bertz CT molecular complexity index is 1470. The molecule has 2 aromatic carbocycles. The van der Waals surface area contributed by atoms with Crippen LogP contribution >= 0.6 is 0 Å². The number of esters is 1. The molecule has 1 amide bonds. The minimum Gasteiger partial charge on any atom is -0.507 e. The second kappa shape index (κ2) is 15.7. The number of hydrogen-bond donors (Lipinski definition) is 3. The van der Waals surface area contributed by atoms with Gasteiger partial charge < -0.3 is 25.0 Å². The Kier molecular flexibility index (Phi) is 11.5. The van der Waals surface area contributed by atoms with Crippen molar-refractivity contribution in [1.29, 1.82) is 0 Å². The molecule has 1 unspecified atom stereocenters. The number of methoxy groups -OCH3 is 1. The van der Waals surface area contributed by atoms with Crippen LogP contribution in [0.15, 0.2) is 60.9 Å². The van der Waals surface area contributed by atoms with Gasteiger partial charge in [-0.1, -0.05) is 24.3 Å². The first-order chi connectivity index (χ1) is 21.3. The highest BCUT2D eigenvalue weighted by Crippen LogP contribution is 2.44. The zero-order valence-corrected chi connectivity index (χ0v) is 25.3. The Morgan fingerprint density at radius 1 is 1.09 bits per heavy atom. The summed E-state index contributed by atoms with van der Waals surface area (Å²) in [6.45, 7) is 2.14. The van der Waals surface area contributed by atoms with Gasteiger partial charge in [-0.05, 0) is 86.1 Å². The van der Waals surface area contributed by atoms with E-state index in [9.17, 15) is 24.6 Å². The van der Waals surface area contributed by atoms with Gasteiger partial charge in [0.05, 0.1) is 13.2 Å². The van der Waals surface area contributed by atoms with Crippen molar-refractivity contribution in [3.05, 3.63) is 88.8 Å². The van der Waals surface area contributed by atoms with E-state index < -0.39 is 23.7 Å². The molecule has 232 valence electrons. The molecule has 9 heteroatoms. The van der Waals surface area contributed by atoms with E-state index in [1.165, 1.54) is 6.07 Å². The monoisotopic (exact) mass is 600 g/mol. The average Bonchev–Trinajstić information content (AvgIpc) is 3.00. The summed E-state index contributed by atoms with van der Waals surface area (Å²) in [5, 5.41) is 25.9. The largest absolute Gasteiger partial charge is 0.507 e. The molecule has 0 spiro atoms. The molecule has 2 atom stereocenters. The predicted molar refractivity (Wildman–Crippen MR) is 167 cm³/mol. The standard InChI is InChI=1S/C35H40N2O7/c1-23-7-6-10-27(38)9-5-3-4-8-26-21-30(39)33(34(41)32(26)35(42)44-23)29(25-11-13-28(43-2)14-12-25)22-31(40)37-20-17-24-15-18-36-19-16-24/h4,8,11-16,18-19,21,23,29,39,41H,3,5-7,9-10,17,20,22H2,1-2H3,(H,37,40)/b8-4+/t23-,29?/m0/s1. The summed E-state index contributed by atoms with van der Waals surface area (Å²) in [6.07, 6.45) is 10.1. The fourth-order valence-corrected chi connectivity index (χ4v) is 5.40. The van der Waals surface area contributed by atoms with Crippen molar-refractivity contribution in [3.63, 3.8) is 0 Å². The number of cyclic esters (lactones) is 1. The van der Waals surface area contributed by atoms with Gasteiger partial charge in [0.15, 0.2) is 0 Å². The molecule has 0 saturated carbocycles. The number of amides is 1. The number of pyridine rings is 1. The van der Waals surface area contributed by atoms with E-state index in [0.29, 0.717) is 68.4 Å². The van der Waals surface area contributed by atoms with Gasteiger partial charge in [0.1, 0.15) is 28.6 Å². The number of allylic oxidation sites excluding steroid dienone is 1. The highest BCUT2D eigenvalue weighted by atomic mass is 16.5. The van der Waals surface area contributed by atoms with Crippen molar-refractivity contribution in [2.45, 2.75) is 70.3 Å². The van der Waals surface area contributed by atoms with E-state index in [0.717, 1.165) is 5.56 Å². The number of benzene rings is 2. The maximum Gasteiger partial charge on any atom is 0.342 e. The maximum atomic E-state index is 13.5. The number of phenols is 2. The van der Waals surface area contributed by atoms with Crippen molar-refractivity contribution in [1.82, 2.24) is 10.3 Å². The van der Waals surface area contributed by atoms with Crippen LogP contribution in [-0.2, 0) is 20.7 Å². The van der Waals surface area contributed by atoms with E-state index in [1.54, 1.807) is 56.8 Å². The lowest BCUT2D eigenvalue weighted by Crippen LogP contribution is -2.27. The van der Waals surface area contributed by atoms with E-state index >= 15 is 0 Å². The molecule has 0 radical (unpaired) electrons. The quantitative estimate of drug-likeness (QED) is 0.274. The highest BCUT2D eigenvalue weighted by molar-refractivity contribution is 5.98. The van der Waals surface area contributed by atoms with Crippen LogP contribution in [0.2, 0.25) is 0 Å². The minimum absolute atomic E-state index is 0.0583. The molecule has 9 nitrogen and oxygen atoms in total. The smallest absolute Gasteiger partial charge is 0.342 e. The lowest BCUT2D eigenvalue weighted by molar-refractivity contribution is -0.121. The van der Waals surface area contributed by atoms with Gasteiger partial charge in [0, 0.05) is 49.7 Å². The molecular formula is C35H40N2O7. The number of nitrogens with one attached hydrogen (secondary N) is 1. The lowest BCUT2D eigenvalue weighted by atomic mass is 9.84. The number of phenolic OH excluding ortho intramolecular Hbond substituents is 2. The summed E-state index contributed by atoms with van der Waals surface area (Å²) < 4.78 is 11.0. The number of aromatic nitrogens is 1. The summed E-state index contributed by atoms with van der Waals surface area (Å²) in [7, 11) is 1.55. The first-order valence-electron chi connectivity index (χ1n) is 15.0. The van der Waals surface area contributed by atoms with E-state index in [1.807, 2.05) is 18.2 Å². The molecule has 1 aliphatic rings. The number of hydrogen-bond acceptors (Lipinski definition) is 8. The second-order valence-electron chi connectivity index (χ2n) is 11.0. The van der Waals surface area contributed by atoms with Crippen molar-refractivity contribution in [2.24, 2.45) is 0 Å². The Labute approximate surface area is 257 Å². The Balaban J connectivity index is 1.70. The minimum atomic E-state index is -0.791.